The molecule has 0 spiro atoms. The number of sulfonamides is 1. The second kappa shape index (κ2) is 13.5. The van der Waals surface area contributed by atoms with Crippen molar-refractivity contribution in [3.05, 3.63) is 70.9 Å². The number of nitrogens with zero attached hydrogens (tertiary/aromatic N) is 6. The Bertz CT molecular complexity index is 1690. The van der Waals surface area contributed by atoms with E-state index in [4.69, 9.17) is 23.1 Å². The number of benzene rings is 1. The zero-order valence-electron chi connectivity index (χ0n) is 24.4. The number of nitrogens with two attached hydrogens (primary N) is 2. The third-order valence-electron chi connectivity index (χ3n) is 7.62. The minimum absolute atomic E-state index is 0.0563. The zero-order chi connectivity index (χ0) is 33.2. The van der Waals surface area contributed by atoms with Crippen LogP contribution >= 0.6 is 11.6 Å². The summed E-state index contributed by atoms with van der Waals surface area (Å²) in [5.41, 5.74) is 10.2. The highest BCUT2D eigenvalue weighted by Crippen LogP contribution is 2.37. The third kappa shape index (κ3) is 7.08. The third-order valence-corrected chi connectivity index (χ3v) is 9.73. The number of aliphatic hydroxyl groups is 1. The molecule has 18 heteroatoms. The Morgan fingerprint density at radius 3 is 2.41 bits per heavy atom. The fraction of sp³-hybridized carbons (Fsp3) is 0.393. The number of alkyl halides is 2. The number of aliphatic hydroxyl groups excluding tert-OH is 1. The first-order chi connectivity index (χ1) is 21.8. The number of rotatable bonds is 10. The molecule has 6 N–H and O–H groups in total. The molecule has 2 saturated heterocycles. The lowest BCUT2D eigenvalue weighted by atomic mass is 10.1. The molecule has 46 heavy (non-hydrogen) atoms. The van der Waals surface area contributed by atoms with Crippen molar-refractivity contribution in [3.8, 4) is 0 Å². The van der Waals surface area contributed by atoms with Gasteiger partial charge in [-0.05, 0) is 36.4 Å². The monoisotopic (exact) mass is 679 g/mol. The van der Waals surface area contributed by atoms with Gasteiger partial charge in [0.15, 0.2) is 0 Å². The molecule has 246 valence electrons. The van der Waals surface area contributed by atoms with Gasteiger partial charge in [-0.2, -0.15) is 13.1 Å². The van der Waals surface area contributed by atoms with Crippen molar-refractivity contribution in [3.63, 3.8) is 0 Å². The van der Waals surface area contributed by atoms with Crippen LogP contribution in [0.2, 0.25) is 5.15 Å². The van der Waals surface area contributed by atoms with E-state index in [1.54, 1.807) is 17.0 Å². The number of pyridine rings is 1. The van der Waals surface area contributed by atoms with E-state index in [9.17, 15) is 23.1 Å². The number of amides is 2. The molecule has 2 atom stereocenters. The fourth-order valence-electron chi connectivity index (χ4n) is 5.06. The number of piperazine rings is 1. The number of aromatic nitrogens is 3. The molecule has 14 nitrogen and oxygen atoms in total. The molecule has 1 aromatic carbocycles. The Hall–Kier alpha value is -3.87. The highest BCUT2D eigenvalue weighted by Gasteiger charge is 2.38. The van der Waals surface area contributed by atoms with Gasteiger partial charge in [-0.1, -0.05) is 11.6 Å². The van der Waals surface area contributed by atoms with E-state index < -0.39 is 39.2 Å². The molecule has 4 heterocycles. The Morgan fingerprint density at radius 1 is 1.13 bits per heavy atom. The topological polar surface area (TPSA) is 201 Å². The molecule has 0 radical (unpaired) electrons. The van der Waals surface area contributed by atoms with Crippen molar-refractivity contribution in [1.82, 2.24) is 24.6 Å². The number of halogens is 3. The second-order valence-corrected chi connectivity index (χ2v) is 13.2. The van der Waals surface area contributed by atoms with Gasteiger partial charge in [0.1, 0.15) is 22.4 Å². The molecule has 2 aliphatic heterocycles. The number of carbonyl (C=O) groups is 2. The van der Waals surface area contributed by atoms with Crippen LogP contribution in [0, 0.1) is 0 Å². The van der Waals surface area contributed by atoms with Gasteiger partial charge in [0.05, 0.1) is 23.4 Å². The van der Waals surface area contributed by atoms with Crippen molar-refractivity contribution < 1.29 is 31.9 Å². The second-order valence-electron chi connectivity index (χ2n) is 10.9. The molecule has 2 fully saturated rings. The molecule has 0 saturated carbocycles. The van der Waals surface area contributed by atoms with Crippen LogP contribution in [-0.2, 0) is 20.7 Å². The molecular formula is C28H32ClF2N9O5S. The highest BCUT2D eigenvalue weighted by molar-refractivity contribution is 7.89. The van der Waals surface area contributed by atoms with Crippen LogP contribution in [-0.4, -0.2) is 103 Å². The van der Waals surface area contributed by atoms with E-state index in [-0.39, 0.29) is 79.2 Å². The van der Waals surface area contributed by atoms with Crippen molar-refractivity contribution >= 4 is 44.9 Å². The smallest absolute Gasteiger partial charge is 0.316 e. The van der Waals surface area contributed by atoms with E-state index in [0.29, 0.717) is 12.2 Å². The average molecular weight is 680 g/mol. The number of anilines is 2. The normalized spacial score (nSPS) is 18.6. The van der Waals surface area contributed by atoms with Crippen LogP contribution in [0.25, 0.3) is 0 Å². The van der Waals surface area contributed by atoms with Gasteiger partial charge >= 0.3 is 5.92 Å². The number of hydrogen-bond acceptors (Lipinski definition) is 11. The maximum Gasteiger partial charge on any atom is 0.316 e. The Kier molecular flexibility index (Phi) is 9.81. The Balaban J connectivity index is 1.25. The van der Waals surface area contributed by atoms with E-state index >= 15 is 8.78 Å². The molecule has 0 aliphatic carbocycles. The van der Waals surface area contributed by atoms with Gasteiger partial charge < -0.3 is 31.7 Å². The number of carbonyl (C=O) groups excluding carboxylic acids is 2. The lowest BCUT2D eigenvalue weighted by molar-refractivity contribution is -0.117. The maximum atomic E-state index is 15.6. The van der Waals surface area contributed by atoms with Crippen molar-refractivity contribution in [2.24, 2.45) is 11.5 Å². The van der Waals surface area contributed by atoms with Crippen molar-refractivity contribution in [2.45, 2.75) is 29.4 Å². The van der Waals surface area contributed by atoms with Gasteiger partial charge in [-0.25, -0.2) is 18.4 Å². The summed E-state index contributed by atoms with van der Waals surface area (Å²) in [6, 6.07) is 7.89. The number of hydrogen-bond donors (Lipinski definition) is 4. The van der Waals surface area contributed by atoms with Crippen LogP contribution < -0.4 is 26.6 Å². The number of nitrogens with one attached hydrogen (secondary N) is 1. The van der Waals surface area contributed by atoms with Gasteiger partial charge in [0.2, 0.25) is 15.9 Å². The summed E-state index contributed by atoms with van der Waals surface area (Å²) in [6.07, 6.45) is 0.933. The van der Waals surface area contributed by atoms with Gasteiger partial charge in [-0.3, -0.25) is 14.6 Å². The zero-order valence-corrected chi connectivity index (χ0v) is 26.0. The standard InChI is InChI=1S/C28H32ClF2N9O5S/c29-24-9-17(28(30,31)23-15-34-22(14-35-23)27(43)36-13-20(41)12-32)10-25(37-24)38-5-7-39(8-6-38)46(44,45)21-3-1-19(2-4-21)40-16-18(33)11-26(40)42/h1-4,9-10,14-15,18,20,41H,5-8,11-13,16,32-33H2,(H,36,43)/t18-,20?/m1/s1. The minimum Gasteiger partial charge on any atom is -0.390 e. The minimum atomic E-state index is -3.88. The van der Waals surface area contributed by atoms with E-state index in [0.717, 1.165) is 24.5 Å². The molecular weight excluding hydrogens is 648 g/mol. The summed E-state index contributed by atoms with van der Waals surface area (Å²) >= 11 is 6.13. The van der Waals surface area contributed by atoms with Crippen LogP contribution in [0.3, 0.4) is 0 Å². The fourth-order valence-corrected chi connectivity index (χ4v) is 6.68. The summed E-state index contributed by atoms with van der Waals surface area (Å²) in [5.74, 6) is -4.38. The first-order valence-electron chi connectivity index (χ1n) is 14.3. The molecule has 2 aliphatic rings. The maximum absolute atomic E-state index is 15.6. The predicted molar refractivity (Wildman–Crippen MR) is 164 cm³/mol. The average Bonchev–Trinajstić information content (AvgIpc) is 3.40. The summed E-state index contributed by atoms with van der Waals surface area (Å²) in [6.45, 7) is 0.562. The summed E-state index contributed by atoms with van der Waals surface area (Å²) in [5, 5.41) is 11.7. The van der Waals surface area contributed by atoms with E-state index in [1.807, 2.05) is 0 Å². The van der Waals surface area contributed by atoms with Gasteiger partial charge in [0, 0.05) is 69.5 Å². The van der Waals surface area contributed by atoms with Gasteiger partial charge in [-0.15, -0.1) is 0 Å². The van der Waals surface area contributed by atoms with E-state index in [2.05, 4.69) is 20.3 Å². The summed E-state index contributed by atoms with van der Waals surface area (Å²) in [7, 11) is -3.88. The lowest BCUT2D eigenvalue weighted by Crippen LogP contribution is -2.49. The van der Waals surface area contributed by atoms with Crippen molar-refractivity contribution in [1.29, 1.82) is 0 Å². The SMILES string of the molecule is NCC(O)CNC(=O)c1cnc(C(F)(F)c2cc(Cl)nc(N3CCN(S(=O)(=O)c4ccc(N5C[C@H](N)CC5=O)cc4)CC3)c2)cn1. The molecule has 5 rings (SSSR count). The first-order valence-corrected chi connectivity index (χ1v) is 16.1. The Labute approximate surface area is 268 Å². The summed E-state index contributed by atoms with van der Waals surface area (Å²) < 4.78 is 59.1. The van der Waals surface area contributed by atoms with Crippen LogP contribution in [0.15, 0.2) is 53.7 Å². The Morgan fingerprint density at radius 2 is 1.83 bits per heavy atom. The molecule has 0 bridgehead atoms. The van der Waals surface area contributed by atoms with Crippen LogP contribution in [0.1, 0.15) is 28.2 Å². The van der Waals surface area contributed by atoms with Gasteiger partial charge in [0.25, 0.3) is 5.91 Å². The molecule has 1 unspecified atom stereocenters. The summed E-state index contributed by atoms with van der Waals surface area (Å²) in [4.78, 5) is 39.2. The van der Waals surface area contributed by atoms with Crippen molar-refractivity contribution in [2.75, 3.05) is 55.6 Å². The molecule has 2 aromatic heterocycles. The van der Waals surface area contributed by atoms with Crippen LogP contribution in [0.5, 0.6) is 0 Å². The van der Waals surface area contributed by atoms with Crippen LogP contribution in [0.4, 0.5) is 20.3 Å². The first kappa shape index (κ1) is 33.5. The lowest BCUT2D eigenvalue weighted by Gasteiger charge is -2.35. The largest absolute Gasteiger partial charge is 0.390 e. The molecule has 2 amide bonds. The molecule has 3 aromatic rings. The highest BCUT2D eigenvalue weighted by atomic mass is 35.5. The predicted octanol–water partition coefficient (Wildman–Crippen LogP) is 0.289. The van der Waals surface area contributed by atoms with E-state index in [1.165, 1.54) is 21.3 Å². The quantitative estimate of drug-likeness (QED) is 0.215.